The van der Waals surface area contributed by atoms with Crippen molar-refractivity contribution in [2.75, 3.05) is 138 Å². The fraction of sp³-hybridized carbons (Fsp3) is 0.382. The molecule has 12 heterocycles. The number of rotatable bonds is 23. The summed E-state index contributed by atoms with van der Waals surface area (Å²) < 4.78 is 0. The van der Waals surface area contributed by atoms with Crippen LogP contribution in [0.3, 0.4) is 0 Å². The number of carbonyl (C=O) groups excluding carboxylic acids is 7. The third-order valence-electron chi connectivity index (χ3n) is 24.9. The molecule has 0 radical (unpaired) electrons. The fourth-order valence-electron chi connectivity index (χ4n) is 18.1. The lowest BCUT2D eigenvalue weighted by atomic mass is 9.77. The van der Waals surface area contributed by atoms with Crippen molar-refractivity contribution in [3.8, 4) is 33.6 Å². The van der Waals surface area contributed by atoms with Gasteiger partial charge in [0.05, 0.1) is 86.8 Å². The van der Waals surface area contributed by atoms with Crippen molar-refractivity contribution >= 4 is 128 Å². The summed E-state index contributed by atoms with van der Waals surface area (Å²) in [5, 5.41) is 21.8. The summed E-state index contributed by atoms with van der Waals surface area (Å²) in [6.07, 6.45) is 19.3. The SMILES string of the molecule is O=C1CCC(Nc2ccc(N3CCC(CC(=O)N4CCC5(CC4)CCN(c4cncc(Nc6ncc(Cl)c(-c7cccc(N8CCC(c9cccc(-c%10cccc(-c%11nc(Nc%12cncc(NC(=O)CCN%13CCN(C%14CCN(c%15ccc(NC%16CCC(=O)NC%16=O)cc%15)CC%14)CC%13)c%12)ncc%11Cl)c%10)c9)C8)c7)n6)c4)C5=O)CC3)cc2)C(=O)N1. The molecule has 3 unspecified atom stereocenters. The van der Waals surface area contributed by atoms with E-state index in [1.54, 1.807) is 37.2 Å². The van der Waals surface area contributed by atoms with Crippen molar-refractivity contribution < 1.29 is 33.6 Å². The summed E-state index contributed by atoms with van der Waals surface area (Å²) in [5.74, 6) is 0.339. The second-order valence-corrected chi connectivity index (χ2v) is 33.2. The molecule has 3 atom stereocenters. The molecule has 8 fully saturated rings. The largest absolute Gasteiger partial charge is 0.374 e. The molecule has 17 rings (SSSR count). The van der Waals surface area contributed by atoms with Crippen LogP contribution in [-0.4, -0.2) is 196 Å². The van der Waals surface area contributed by atoms with E-state index in [0.717, 1.165) is 143 Å². The highest BCUT2D eigenvalue weighted by Gasteiger charge is 2.49. The van der Waals surface area contributed by atoms with Gasteiger partial charge in [0.25, 0.3) is 0 Å². The van der Waals surface area contributed by atoms with Crippen LogP contribution in [-0.2, 0) is 33.6 Å². The monoisotopic (exact) mass is 1630 g/mol. The number of hydrogen-bond donors (Lipinski definition) is 7. The minimum atomic E-state index is -0.535. The summed E-state index contributed by atoms with van der Waals surface area (Å²) in [5.41, 5.74) is 13.1. The predicted molar refractivity (Wildman–Crippen MR) is 459 cm³/mol. The van der Waals surface area contributed by atoms with E-state index in [4.69, 9.17) is 33.2 Å². The summed E-state index contributed by atoms with van der Waals surface area (Å²) in [6.45, 7) is 11.4. The fourth-order valence-corrected chi connectivity index (χ4v) is 18.5. The first-order valence-corrected chi connectivity index (χ1v) is 42.1. The van der Waals surface area contributed by atoms with Crippen LogP contribution in [0.1, 0.15) is 101 Å². The number of imide groups is 2. The molecule has 4 aromatic heterocycles. The molecular weight excluding hydrogens is 1530 g/mol. The van der Waals surface area contributed by atoms with Gasteiger partial charge in [-0.3, -0.25) is 59.1 Å². The maximum Gasteiger partial charge on any atom is 0.249 e. The molecule has 0 aliphatic carbocycles. The van der Waals surface area contributed by atoms with Crippen LogP contribution in [0.4, 0.5) is 63.1 Å². The highest BCUT2D eigenvalue weighted by atomic mass is 35.5. The third-order valence-corrected chi connectivity index (χ3v) is 25.4. The van der Waals surface area contributed by atoms with Crippen LogP contribution in [0, 0.1) is 11.3 Å². The Morgan fingerprint density at radius 1 is 0.483 bits per heavy atom. The number of piperidine rings is 5. The zero-order valence-electron chi connectivity index (χ0n) is 65.8. The maximum atomic E-state index is 14.4. The number of nitrogens with zero attached hydrogens (tertiary/aromatic N) is 13. The first-order valence-electron chi connectivity index (χ1n) is 41.3. The first-order chi connectivity index (χ1) is 57.5. The third kappa shape index (κ3) is 18.4. The standard InChI is InChI=1S/C89H96Cl2N20O7/c90-74-54-94-87(99-67-48-66(50-92-51-67)98-80(114)27-31-105-40-42-108(43-41-105)71-25-35-107(36-26-71)70-16-12-65(13-17-70)97-77-19-21-79(113)102-85(77)117)103-82(74)61-7-2-5-59(46-61)58-4-1-6-60(45-58)63-24-34-110(56-63)72-9-3-8-62(47-72)83-75(91)55-95-88(104-83)100-68-49-73(53-93-52-68)111-39-30-89(86(111)118)28-37-109(38-29-89)81(115)44-57-22-32-106(33-23-57)69-14-10-64(11-15-69)96-76-18-20-78(112)101-84(76)116/h1-17,45-55,57,63,71,76-77,96-97H,18-44,56H2,(H,98,114)(H,94,99,103)(H,95,100,104)(H,101,112,116)(H,102,113,117). The van der Waals surface area contributed by atoms with E-state index in [9.17, 15) is 33.6 Å². The Kier molecular flexibility index (Phi) is 23.6. The van der Waals surface area contributed by atoms with E-state index >= 15 is 0 Å². The Bertz CT molecular complexity index is 5220. The average Bonchev–Trinajstić information content (AvgIpc) is 1.60. The highest BCUT2D eigenvalue weighted by Crippen LogP contribution is 2.45. The molecule has 8 aliphatic rings. The van der Waals surface area contributed by atoms with Crippen molar-refractivity contribution in [3.63, 3.8) is 0 Å². The Morgan fingerprint density at radius 3 is 1.65 bits per heavy atom. The molecule has 7 amide bonds. The molecule has 5 aromatic carbocycles. The lowest BCUT2D eigenvalue weighted by molar-refractivity contribution is -0.138. The van der Waals surface area contributed by atoms with E-state index < -0.39 is 17.5 Å². The highest BCUT2D eigenvalue weighted by molar-refractivity contribution is 6.33. The summed E-state index contributed by atoms with van der Waals surface area (Å²) in [4.78, 5) is 133. The molecule has 118 heavy (non-hydrogen) atoms. The number of anilines is 11. The second kappa shape index (κ2) is 35.3. The van der Waals surface area contributed by atoms with Crippen molar-refractivity contribution in [2.24, 2.45) is 11.3 Å². The summed E-state index contributed by atoms with van der Waals surface area (Å²) >= 11 is 13.8. The molecule has 1 spiro atoms. The lowest BCUT2D eigenvalue weighted by Gasteiger charge is -2.43. The van der Waals surface area contributed by atoms with E-state index in [1.165, 1.54) is 11.3 Å². The van der Waals surface area contributed by atoms with Gasteiger partial charge in [-0.15, -0.1) is 0 Å². The Hall–Kier alpha value is -11.7. The topological polar surface area (TPSA) is 304 Å². The van der Waals surface area contributed by atoms with Crippen LogP contribution in [0.15, 0.2) is 171 Å². The zero-order valence-corrected chi connectivity index (χ0v) is 67.3. The van der Waals surface area contributed by atoms with Crippen molar-refractivity contribution in [1.29, 1.82) is 0 Å². The van der Waals surface area contributed by atoms with Gasteiger partial charge in [0, 0.05) is 169 Å². The van der Waals surface area contributed by atoms with Gasteiger partial charge in [0.2, 0.25) is 53.2 Å². The number of halogens is 2. The van der Waals surface area contributed by atoms with Gasteiger partial charge >= 0.3 is 0 Å². The Labute approximate surface area is 695 Å². The van der Waals surface area contributed by atoms with E-state index in [1.807, 2.05) is 70.5 Å². The van der Waals surface area contributed by atoms with E-state index in [2.05, 4.69) is 154 Å². The summed E-state index contributed by atoms with van der Waals surface area (Å²) in [6, 6.07) is 44.9. The van der Waals surface area contributed by atoms with Gasteiger partial charge < -0.3 is 56.0 Å². The van der Waals surface area contributed by atoms with Gasteiger partial charge in [0.15, 0.2) is 0 Å². The Balaban J connectivity index is 0.451. The number of aromatic nitrogens is 6. The van der Waals surface area contributed by atoms with Crippen molar-refractivity contribution in [1.82, 2.24) is 55.2 Å². The molecule has 27 nitrogen and oxygen atoms in total. The molecule has 8 aliphatic heterocycles. The van der Waals surface area contributed by atoms with Gasteiger partial charge in [-0.2, -0.15) is 0 Å². The average molecular weight is 1630 g/mol. The van der Waals surface area contributed by atoms with Gasteiger partial charge in [-0.25, -0.2) is 19.9 Å². The number of amides is 7. The smallest absolute Gasteiger partial charge is 0.249 e. The minimum absolute atomic E-state index is 0.0687. The number of likely N-dealkylation sites (tertiary alicyclic amines) is 1. The first kappa shape index (κ1) is 78.8. The van der Waals surface area contributed by atoms with Crippen LogP contribution < -0.4 is 56.8 Å². The molecule has 8 saturated heterocycles. The molecule has 0 saturated carbocycles. The molecule has 29 heteroatoms. The van der Waals surface area contributed by atoms with Crippen LogP contribution in [0.25, 0.3) is 33.6 Å². The number of piperazine rings is 1. The number of carbonyl (C=O) groups is 7. The summed E-state index contributed by atoms with van der Waals surface area (Å²) in [7, 11) is 0. The normalized spacial score (nSPS) is 20.3. The maximum absolute atomic E-state index is 14.4. The van der Waals surface area contributed by atoms with E-state index in [-0.39, 0.29) is 53.2 Å². The van der Waals surface area contributed by atoms with Gasteiger partial charge in [0.1, 0.15) is 12.1 Å². The van der Waals surface area contributed by atoms with Gasteiger partial charge in [-0.05, 0) is 166 Å². The molecule has 9 aromatic rings. The molecule has 608 valence electrons. The van der Waals surface area contributed by atoms with Crippen LogP contribution in [0.5, 0.6) is 0 Å². The predicted octanol–water partition coefficient (Wildman–Crippen LogP) is 12.5. The zero-order chi connectivity index (χ0) is 80.8. The van der Waals surface area contributed by atoms with Crippen LogP contribution in [0.2, 0.25) is 10.0 Å². The van der Waals surface area contributed by atoms with Crippen molar-refractivity contribution in [2.45, 2.75) is 114 Å². The number of nitrogens with one attached hydrogen (secondary N) is 7. The number of hydrogen-bond acceptors (Lipinski definition) is 22. The van der Waals surface area contributed by atoms with Gasteiger partial charge in [-0.1, -0.05) is 77.8 Å². The lowest BCUT2D eigenvalue weighted by Crippen LogP contribution is -2.53. The van der Waals surface area contributed by atoms with E-state index in [0.29, 0.717) is 146 Å². The number of pyridine rings is 2. The quantitative estimate of drug-likeness (QED) is 0.0293. The Morgan fingerprint density at radius 2 is 1.03 bits per heavy atom. The second-order valence-electron chi connectivity index (χ2n) is 32.4. The molecular formula is C89H96Cl2N20O7. The minimum Gasteiger partial charge on any atom is -0.374 e. The number of benzene rings is 5. The van der Waals surface area contributed by atoms with Crippen LogP contribution >= 0.6 is 23.2 Å². The molecule has 0 bridgehead atoms. The molecule has 7 N–H and O–H groups in total. The van der Waals surface area contributed by atoms with Crippen molar-refractivity contribution in [3.05, 3.63) is 186 Å².